The van der Waals surface area contributed by atoms with Gasteiger partial charge in [-0.25, -0.2) is 18.9 Å². The SMILES string of the molecule is COc1cc(-c2[nH]c3cnc(N4CCN(CC(=O)N5CCOCC5)CC4)c(F)c3c2C(C)C)cn2ncnc12. The van der Waals surface area contributed by atoms with Gasteiger partial charge in [-0.3, -0.25) is 9.69 Å². The van der Waals surface area contributed by atoms with Crippen LogP contribution in [-0.4, -0.2) is 106 Å². The fraction of sp³-hybridized carbons (Fsp3) is 0.481. The third kappa shape index (κ3) is 4.67. The van der Waals surface area contributed by atoms with Crippen LogP contribution in [0.5, 0.6) is 5.75 Å². The quantitative estimate of drug-likeness (QED) is 0.401. The topological polar surface area (TPSA) is 104 Å². The van der Waals surface area contributed by atoms with Crippen molar-refractivity contribution in [2.24, 2.45) is 0 Å². The molecule has 2 aliphatic rings. The summed E-state index contributed by atoms with van der Waals surface area (Å²) in [5, 5.41) is 4.82. The summed E-state index contributed by atoms with van der Waals surface area (Å²) in [6, 6.07) is 1.89. The molecule has 39 heavy (non-hydrogen) atoms. The van der Waals surface area contributed by atoms with Crippen LogP contribution >= 0.6 is 0 Å². The number of nitrogens with zero attached hydrogens (tertiary/aromatic N) is 7. The fourth-order valence-corrected chi connectivity index (χ4v) is 5.59. The molecule has 0 aliphatic carbocycles. The average molecular weight is 537 g/mol. The minimum Gasteiger partial charge on any atom is -0.493 e. The Morgan fingerprint density at radius 2 is 1.92 bits per heavy atom. The minimum absolute atomic E-state index is 0.0407. The predicted molar refractivity (Wildman–Crippen MR) is 145 cm³/mol. The number of hydrogen-bond donors (Lipinski definition) is 1. The number of H-pyrrole nitrogens is 1. The highest BCUT2D eigenvalue weighted by Gasteiger charge is 2.28. The van der Waals surface area contributed by atoms with Crippen molar-refractivity contribution < 1.29 is 18.7 Å². The molecule has 206 valence electrons. The molecule has 4 aromatic heterocycles. The van der Waals surface area contributed by atoms with Crippen molar-refractivity contribution in [1.29, 1.82) is 0 Å². The number of nitrogens with one attached hydrogen (secondary N) is 1. The van der Waals surface area contributed by atoms with E-state index in [4.69, 9.17) is 9.47 Å². The van der Waals surface area contributed by atoms with Gasteiger partial charge in [0.05, 0.1) is 44.3 Å². The van der Waals surface area contributed by atoms with E-state index in [1.165, 1.54) is 6.33 Å². The van der Waals surface area contributed by atoms with E-state index in [0.29, 0.717) is 87.1 Å². The molecule has 2 aliphatic heterocycles. The lowest BCUT2D eigenvalue weighted by Gasteiger charge is -2.36. The number of fused-ring (bicyclic) bond motifs is 2. The Balaban J connectivity index is 1.27. The Morgan fingerprint density at radius 3 is 2.64 bits per heavy atom. The fourth-order valence-electron chi connectivity index (χ4n) is 5.59. The zero-order chi connectivity index (χ0) is 27.1. The molecule has 0 spiro atoms. The normalized spacial score (nSPS) is 17.1. The Hall–Kier alpha value is -3.77. The number of carbonyl (C=O) groups excluding carboxylic acids is 1. The van der Waals surface area contributed by atoms with Crippen LogP contribution in [0.2, 0.25) is 0 Å². The zero-order valence-corrected chi connectivity index (χ0v) is 22.5. The van der Waals surface area contributed by atoms with Gasteiger partial charge in [0.15, 0.2) is 23.0 Å². The summed E-state index contributed by atoms with van der Waals surface area (Å²) in [6.45, 7) is 9.49. The number of pyridine rings is 2. The van der Waals surface area contributed by atoms with Crippen molar-refractivity contribution in [1.82, 2.24) is 34.4 Å². The smallest absolute Gasteiger partial charge is 0.236 e. The van der Waals surface area contributed by atoms with E-state index in [0.717, 1.165) is 16.8 Å². The lowest BCUT2D eigenvalue weighted by Crippen LogP contribution is -2.51. The maximum absolute atomic E-state index is 16.2. The standard InChI is InChI=1S/C27H33FN8O3/c1-17(2)22-23-19(32-25(22)18-12-20(38-3)26-30-16-31-36(26)14-18)13-29-27(24(23)28)35-6-4-33(5-7-35)15-21(37)34-8-10-39-11-9-34/h12-14,16-17,32H,4-11,15H2,1-3H3. The van der Waals surface area contributed by atoms with Crippen molar-refractivity contribution in [3.8, 4) is 17.0 Å². The molecule has 1 amide bonds. The van der Waals surface area contributed by atoms with Crippen molar-refractivity contribution >= 4 is 28.3 Å². The molecule has 6 rings (SSSR count). The van der Waals surface area contributed by atoms with E-state index in [1.54, 1.807) is 17.8 Å². The molecule has 11 nitrogen and oxygen atoms in total. The van der Waals surface area contributed by atoms with Crippen LogP contribution in [0.15, 0.2) is 24.8 Å². The van der Waals surface area contributed by atoms with E-state index < -0.39 is 0 Å². The number of halogens is 1. The Morgan fingerprint density at radius 1 is 1.15 bits per heavy atom. The largest absolute Gasteiger partial charge is 0.493 e. The molecule has 0 unspecified atom stereocenters. The van der Waals surface area contributed by atoms with Crippen molar-refractivity contribution in [3.05, 3.63) is 36.2 Å². The molecule has 4 aromatic rings. The van der Waals surface area contributed by atoms with Gasteiger partial charge in [-0.15, -0.1) is 0 Å². The van der Waals surface area contributed by atoms with Crippen molar-refractivity contribution in [2.45, 2.75) is 19.8 Å². The van der Waals surface area contributed by atoms with Gasteiger partial charge in [-0.2, -0.15) is 5.10 Å². The summed E-state index contributed by atoms with van der Waals surface area (Å²) in [5.41, 5.74) is 3.76. The second kappa shape index (κ2) is 10.4. The highest BCUT2D eigenvalue weighted by molar-refractivity contribution is 5.93. The monoisotopic (exact) mass is 536 g/mol. The minimum atomic E-state index is -0.328. The van der Waals surface area contributed by atoms with Gasteiger partial charge in [-0.05, 0) is 17.5 Å². The number of anilines is 1. The number of rotatable bonds is 6. The summed E-state index contributed by atoms with van der Waals surface area (Å²) in [7, 11) is 1.59. The molecule has 0 bridgehead atoms. The highest BCUT2D eigenvalue weighted by Crippen LogP contribution is 2.39. The number of piperazine rings is 1. The second-order valence-corrected chi connectivity index (χ2v) is 10.3. The van der Waals surface area contributed by atoms with Crippen LogP contribution in [0.4, 0.5) is 10.2 Å². The Labute approximate surface area is 225 Å². The summed E-state index contributed by atoms with van der Waals surface area (Å²) < 4.78 is 28.8. The molecule has 6 heterocycles. The number of amides is 1. The third-order valence-corrected chi connectivity index (χ3v) is 7.62. The maximum Gasteiger partial charge on any atom is 0.236 e. The van der Waals surface area contributed by atoms with Gasteiger partial charge in [0.1, 0.15) is 6.33 Å². The molecular formula is C27H33FN8O3. The highest BCUT2D eigenvalue weighted by atomic mass is 19.1. The van der Waals surface area contributed by atoms with E-state index in [-0.39, 0.29) is 17.6 Å². The number of aromatic amines is 1. The van der Waals surface area contributed by atoms with E-state index in [1.807, 2.05) is 22.1 Å². The number of carbonyl (C=O) groups is 1. The van der Waals surface area contributed by atoms with Gasteiger partial charge >= 0.3 is 0 Å². The predicted octanol–water partition coefficient (Wildman–Crippen LogP) is 2.52. The zero-order valence-electron chi connectivity index (χ0n) is 22.5. The number of ether oxygens (including phenoxy) is 2. The first-order chi connectivity index (χ1) is 18.9. The first-order valence-corrected chi connectivity index (χ1v) is 13.3. The summed E-state index contributed by atoms with van der Waals surface area (Å²) in [6.07, 6.45) is 5.05. The third-order valence-electron chi connectivity index (χ3n) is 7.62. The Kier molecular flexibility index (Phi) is 6.81. The first kappa shape index (κ1) is 25.5. The van der Waals surface area contributed by atoms with Crippen LogP contribution in [0, 0.1) is 5.82 Å². The summed E-state index contributed by atoms with van der Waals surface area (Å²) in [5.74, 6) is 0.768. The van der Waals surface area contributed by atoms with Gasteiger partial charge in [-0.1, -0.05) is 13.8 Å². The first-order valence-electron chi connectivity index (χ1n) is 13.3. The molecule has 0 saturated carbocycles. The number of morpholine rings is 1. The van der Waals surface area contributed by atoms with Gasteiger partial charge in [0.2, 0.25) is 5.91 Å². The second-order valence-electron chi connectivity index (χ2n) is 10.3. The van der Waals surface area contributed by atoms with Crippen LogP contribution in [-0.2, 0) is 9.53 Å². The van der Waals surface area contributed by atoms with Gasteiger partial charge in [0, 0.05) is 56.4 Å². The summed E-state index contributed by atoms with van der Waals surface area (Å²) in [4.78, 5) is 30.8. The van der Waals surface area contributed by atoms with E-state index in [2.05, 4.69) is 38.8 Å². The van der Waals surface area contributed by atoms with Gasteiger partial charge in [0.25, 0.3) is 0 Å². The Bertz CT molecular complexity index is 1500. The van der Waals surface area contributed by atoms with Crippen LogP contribution in [0.25, 0.3) is 27.8 Å². The number of methoxy groups -OCH3 is 1. The molecule has 0 aromatic carbocycles. The van der Waals surface area contributed by atoms with Crippen LogP contribution in [0.3, 0.4) is 0 Å². The van der Waals surface area contributed by atoms with Gasteiger partial charge < -0.3 is 24.3 Å². The van der Waals surface area contributed by atoms with Crippen molar-refractivity contribution in [2.75, 3.05) is 71.0 Å². The molecule has 1 N–H and O–H groups in total. The lowest BCUT2D eigenvalue weighted by atomic mass is 9.96. The van der Waals surface area contributed by atoms with E-state index >= 15 is 4.39 Å². The molecule has 0 atom stereocenters. The molecule has 12 heteroatoms. The molecule has 2 saturated heterocycles. The maximum atomic E-state index is 16.2. The number of aromatic nitrogens is 5. The van der Waals surface area contributed by atoms with Crippen LogP contribution in [0.1, 0.15) is 25.3 Å². The van der Waals surface area contributed by atoms with E-state index in [9.17, 15) is 4.79 Å². The number of hydrogen-bond acceptors (Lipinski definition) is 8. The summed E-state index contributed by atoms with van der Waals surface area (Å²) >= 11 is 0. The van der Waals surface area contributed by atoms with Crippen LogP contribution < -0.4 is 9.64 Å². The van der Waals surface area contributed by atoms with Crippen molar-refractivity contribution in [3.63, 3.8) is 0 Å². The molecular weight excluding hydrogens is 503 g/mol. The average Bonchev–Trinajstić information content (AvgIpc) is 3.59. The molecule has 2 fully saturated rings. The molecule has 0 radical (unpaired) electrons. The lowest BCUT2D eigenvalue weighted by molar-refractivity contribution is -0.136.